The van der Waals surface area contributed by atoms with E-state index in [-0.39, 0.29) is 0 Å². The van der Waals surface area contributed by atoms with Gasteiger partial charge in [0.2, 0.25) is 0 Å². The van der Waals surface area contributed by atoms with E-state index in [9.17, 15) is 0 Å². The van der Waals surface area contributed by atoms with Gasteiger partial charge >= 0.3 is 0 Å². The highest BCUT2D eigenvalue weighted by Crippen LogP contribution is 2.10. The molecule has 0 saturated heterocycles. The van der Waals surface area contributed by atoms with E-state index in [4.69, 9.17) is 15.0 Å². The number of phenols is 1. The van der Waals surface area contributed by atoms with Gasteiger partial charge in [-0.3, -0.25) is 4.79 Å². The fourth-order valence-electron chi connectivity index (χ4n) is 0.850. The van der Waals surface area contributed by atoms with Gasteiger partial charge in [-0.1, -0.05) is 18.2 Å². The van der Waals surface area contributed by atoms with Crippen LogP contribution in [0.15, 0.2) is 36.9 Å². The lowest BCUT2D eigenvalue weighted by Crippen LogP contribution is -1.78. The van der Waals surface area contributed by atoms with Crippen molar-refractivity contribution in [1.82, 2.24) is 0 Å². The second-order valence-corrected chi connectivity index (χ2v) is 2.68. The molecular weight excluding hydrogens is 180 g/mol. The van der Waals surface area contributed by atoms with Crippen LogP contribution < -0.4 is 0 Å². The van der Waals surface area contributed by atoms with Crippen LogP contribution >= 0.6 is 0 Å². The third-order valence-corrected chi connectivity index (χ3v) is 1.29. The summed E-state index contributed by atoms with van der Waals surface area (Å²) in [5.41, 5.74) is 1.09. The first-order valence-corrected chi connectivity index (χ1v) is 4.14. The SMILES string of the molecule is C=CCc1cccc(O)c1.CC(=O)O. The van der Waals surface area contributed by atoms with Crippen LogP contribution in [0.3, 0.4) is 0 Å². The highest BCUT2D eigenvalue weighted by Gasteiger charge is 1.89. The largest absolute Gasteiger partial charge is 0.508 e. The molecule has 14 heavy (non-hydrogen) atoms. The lowest BCUT2D eigenvalue weighted by Gasteiger charge is -1.95. The monoisotopic (exact) mass is 194 g/mol. The Morgan fingerprint density at radius 3 is 2.57 bits per heavy atom. The third kappa shape index (κ3) is 6.91. The molecule has 1 rings (SSSR count). The predicted octanol–water partition coefficient (Wildman–Crippen LogP) is 2.21. The van der Waals surface area contributed by atoms with Gasteiger partial charge in [-0.25, -0.2) is 0 Å². The van der Waals surface area contributed by atoms with Crippen molar-refractivity contribution in [2.45, 2.75) is 13.3 Å². The molecule has 3 heteroatoms. The average molecular weight is 194 g/mol. The number of rotatable bonds is 2. The highest BCUT2D eigenvalue weighted by molar-refractivity contribution is 5.62. The maximum Gasteiger partial charge on any atom is 0.300 e. The van der Waals surface area contributed by atoms with Crippen LogP contribution in [0.1, 0.15) is 12.5 Å². The normalized spacial score (nSPS) is 8.36. The molecule has 0 fully saturated rings. The Hall–Kier alpha value is -1.77. The number of allylic oxidation sites excluding steroid dienone is 1. The molecule has 0 spiro atoms. The standard InChI is InChI=1S/C9H10O.C2H4O2/c1-2-4-8-5-3-6-9(10)7-8;1-2(3)4/h2-3,5-7,10H,1,4H2;1H3,(H,3,4). The number of hydrogen-bond acceptors (Lipinski definition) is 2. The van der Waals surface area contributed by atoms with Crippen molar-refractivity contribution in [3.63, 3.8) is 0 Å². The van der Waals surface area contributed by atoms with E-state index in [1.165, 1.54) is 0 Å². The number of hydrogen-bond donors (Lipinski definition) is 2. The van der Waals surface area contributed by atoms with Crippen LogP contribution in [-0.4, -0.2) is 16.2 Å². The van der Waals surface area contributed by atoms with Crippen molar-refractivity contribution in [3.05, 3.63) is 42.5 Å². The van der Waals surface area contributed by atoms with E-state index in [0.29, 0.717) is 5.75 Å². The van der Waals surface area contributed by atoms with Crippen molar-refractivity contribution in [3.8, 4) is 5.75 Å². The second kappa shape index (κ2) is 6.71. The second-order valence-electron chi connectivity index (χ2n) is 2.68. The quantitative estimate of drug-likeness (QED) is 0.709. The zero-order valence-corrected chi connectivity index (χ0v) is 8.10. The summed E-state index contributed by atoms with van der Waals surface area (Å²) in [6.07, 6.45) is 2.63. The number of benzene rings is 1. The van der Waals surface area contributed by atoms with Crippen molar-refractivity contribution >= 4 is 5.97 Å². The summed E-state index contributed by atoms with van der Waals surface area (Å²) in [6, 6.07) is 7.18. The first-order chi connectivity index (χ1) is 6.56. The van der Waals surface area contributed by atoms with E-state index in [1.54, 1.807) is 12.1 Å². The van der Waals surface area contributed by atoms with E-state index >= 15 is 0 Å². The molecule has 0 heterocycles. The maximum absolute atomic E-state index is 9.01. The van der Waals surface area contributed by atoms with Crippen LogP contribution in [-0.2, 0) is 11.2 Å². The maximum atomic E-state index is 9.01. The van der Waals surface area contributed by atoms with Gasteiger partial charge in [0.15, 0.2) is 0 Å². The molecule has 0 bridgehead atoms. The minimum Gasteiger partial charge on any atom is -0.508 e. The van der Waals surface area contributed by atoms with Gasteiger partial charge in [0.25, 0.3) is 5.97 Å². The Kier molecular flexibility index (Phi) is 5.87. The Bertz CT molecular complexity index is 301. The molecule has 1 aromatic rings. The summed E-state index contributed by atoms with van der Waals surface area (Å²) in [7, 11) is 0. The summed E-state index contributed by atoms with van der Waals surface area (Å²) in [6.45, 7) is 4.69. The zero-order valence-electron chi connectivity index (χ0n) is 8.10. The zero-order chi connectivity index (χ0) is 11.0. The molecule has 1 aromatic carbocycles. The van der Waals surface area contributed by atoms with Gasteiger partial charge in [-0.2, -0.15) is 0 Å². The van der Waals surface area contributed by atoms with Crippen LogP contribution in [0, 0.1) is 0 Å². The van der Waals surface area contributed by atoms with E-state index in [2.05, 4.69) is 6.58 Å². The minimum absolute atomic E-state index is 0.319. The molecular formula is C11H14O3. The van der Waals surface area contributed by atoms with Crippen molar-refractivity contribution < 1.29 is 15.0 Å². The molecule has 0 aliphatic carbocycles. The molecule has 0 aromatic heterocycles. The van der Waals surface area contributed by atoms with Crippen molar-refractivity contribution in [1.29, 1.82) is 0 Å². The summed E-state index contributed by atoms with van der Waals surface area (Å²) in [4.78, 5) is 9.00. The highest BCUT2D eigenvalue weighted by atomic mass is 16.4. The average Bonchev–Trinajstić information content (AvgIpc) is 2.03. The molecule has 76 valence electrons. The van der Waals surface area contributed by atoms with Gasteiger partial charge in [-0.15, -0.1) is 6.58 Å². The third-order valence-electron chi connectivity index (χ3n) is 1.29. The van der Waals surface area contributed by atoms with Gasteiger partial charge in [-0.05, 0) is 24.1 Å². The summed E-state index contributed by atoms with van der Waals surface area (Å²) in [5, 5.41) is 16.4. The first kappa shape index (κ1) is 12.2. The fraction of sp³-hybridized carbons (Fsp3) is 0.182. The van der Waals surface area contributed by atoms with Gasteiger partial charge in [0, 0.05) is 6.92 Å². The van der Waals surface area contributed by atoms with Crippen LogP contribution in [0.5, 0.6) is 5.75 Å². The Balaban J connectivity index is 0.000000364. The number of carbonyl (C=O) groups is 1. The number of carboxylic acids is 1. The van der Waals surface area contributed by atoms with Crippen LogP contribution in [0.2, 0.25) is 0 Å². The molecule has 0 aliphatic heterocycles. The summed E-state index contributed by atoms with van der Waals surface area (Å²) < 4.78 is 0. The smallest absolute Gasteiger partial charge is 0.300 e. The number of aromatic hydroxyl groups is 1. The molecule has 3 nitrogen and oxygen atoms in total. The molecule has 0 atom stereocenters. The molecule has 0 aliphatic rings. The van der Waals surface area contributed by atoms with Gasteiger partial charge < -0.3 is 10.2 Å². The summed E-state index contributed by atoms with van der Waals surface area (Å²) in [5.74, 6) is -0.514. The van der Waals surface area contributed by atoms with E-state index < -0.39 is 5.97 Å². The summed E-state index contributed by atoms with van der Waals surface area (Å²) >= 11 is 0. The fourth-order valence-corrected chi connectivity index (χ4v) is 0.850. The topological polar surface area (TPSA) is 57.5 Å². The lowest BCUT2D eigenvalue weighted by atomic mass is 10.1. The number of aliphatic carboxylic acids is 1. The van der Waals surface area contributed by atoms with Gasteiger partial charge in [0.1, 0.15) is 5.75 Å². The Labute approximate surface area is 83.3 Å². The van der Waals surface area contributed by atoms with Crippen LogP contribution in [0.25, 0.3) is 0 Å². The molecule has 0 saturated carbocycles. The molecule has 0 radical (unpaired) electrons. The Morgan fingerprint density at radius 1 is 1.57 bits per heavy atom. The predicted molar refractivity (Wildman–Crippen MR) is 55.3 cm³/mol. The lowest BCUT2D eigenvalue weighted by molar-refractivity contribution is -0.134. The minimum atomic E-state index is -0.833. The van der Waals surface area contributed by atoms with Gasteiger partial charge in [0.05, 0.1) is 0 Å². The van der Waals surface area contributed by atoms with Crippen LogP contribution in [0.4, 0.5) is 0 Å². The first-order valence-electron chi connectivity index (χ1n) is 4.14. The molecule has 2 N–H and O–H groups in total. The number of carboxylic acid groups (broad SMARTS) is 1. The molecule has 0 unspecified atom stereocenters. The number of phenolic OH excluding ortho intramolecular Hbond substituents is 1. The van der Waals surface area contributed by atoms with Crippen molar-refractivity contribution in [2.75, 3.05) is 0 Å². The van der Waals surface area contributed by atoms with E-state index in [1.807, 2.05) is 18.2 Å². The molecule has 0 amide bonds. The Morgan fingerprint density at radius 2 is 2.14 bits per heavy atom. The van der Waals surface area contributed by atoms with Crippen molar-refractivity contribution in [2.24, 2.45) is 0 Å². The van der Waals surface area contributed by atoms with E-state index in [0.717, 1.165) is 18.9 Å².